The lowest BCUT2D eigenvalue weighted by Gasteiger charge is -2.00. The Hall–Kier alpha value is -1.59. The first-order valence-corrected chi connectivity index (χ1v) is 8.47. The van der Waals surface area contributed by atoms with Crippen molar-refractivity contribution in [3.63, 3.8) is 0 Å². The molecule has 3 nitrogen and oxygen atoms in total. The highest BCUT2D eigenvalue weighted by molar-refractivity contribution is 7.21. The third-order valence-corrected chi connectivity index (χ3v) is 5.60. The topological polar surface area (TPSA) is 41.5 Å². The maximum atomic E-state index is 12.2. The number of halogens is 3. The van der Waals surface area contributed by atoms with Gasteiger partial charge in [-0.25, -0.2) is 5.43 Å². The summed E-state index contributed by atoms with van der Waals surface area (Å²) in [6, 6.07) is 12.7. The number of carbonyl (C=O) groups is 1. The lowest BCUT2D eigenvalue weighted by Crippen LogP contribution is -2.16. The summed E-state index contributed by atoms with van der Waals surface area (Å²) in [5.74, 6) is -0.370. The minimum atomic E-state index is -0.370. The standard InChI is InChI=1S/C16H9Cl3N2OS/c17-11-6-3-4-9(13(11)18)8-20-21-16(22)15-14(19)10-5-1-2-7-12(10)23-15/h1-8H,(H,21,22)/b20-8-. The third-order valence-electron chi connectivity index (χ3n) is 3.09. The van der Waals surface area contributed by atoms with Crippen LogP contribution in [-0.2, 0) is 0 Å². The Bertz CT molecular complexity index is 921. The SMILES string of the molecule is O=C(N/N=C\c1cccc(Cl)c1Cl)c1sc2ccccc2c1Cl. The molecule has 0 atom stereocenters. The van der Waals surface area contributed by atoms with E-state index in [0.717, 1.165) is 10.1 Å². The quantitative estimate of drug-likeness (QED) is 0.462. The van der Waals surface area contributed by atoms with E-state index in [2.05, 4.69) is 10.5 Å². The van der Waals surface area contributed by atoms with Gasteiger partial charge in [-0.1, -0.05) is 65.1 Å². The molecule has 0 aliphatic rings. The van der Waals surface area contributed by atoms with Crippen LogP contribution in [0.4, 0.5) is 0 Å². The first-order chi connectivity index (χ1) is 11.1. The number of thiophene rings is 1. The fraction of sp³-hybridized carbons (Fsp3) is 0. The molecule has 0 saturated carbocycles. The van der Waals surface area contributed by atoms with Crippen molar-refractivity contribution in [2.45, 2.75) is 0 Å². The third kappa shape index (κ3) is 3.35. The summed E-state index contributed by atoms with van der Waals surface area (Å²) in [5.41, 5.74) is 3.06. The number of amides is 1. The van der Waals surface area contributed by atoms with Gasteiger partial charge in [0, 0.05) is 15.6 Å². The second-order valence-corrected chi connectivity index (χ2v) is 6.80. The van der Waals surface area contributed by atoms with E-state index in [-0.39, 0.29) is 5.91 Å². The summed E-state index contributed by atoms with van der Waals surface area (Å²) in [5, 5.41) is 6.00. The van der Waals surface area contributed by atoms with Gasteiger partial charge in [0.05, 0.1) is 21.3 Å². The molecule has 3 rings (SSSR count). The van der Waals surface area contributed by atoms with Crippen LogP contribution in [0.25, 0.3) is 10.1 Å². The summed E-state index contributed by atoms with van der Waals surface area (Å²) < 4.78 is 0.949. The molecule has 0 fully saturated rings. The van der Waals surface area contributed by atoms with Gasteiger partial charge in [-0.15, -0.1) is 11.3 Å². The molecule has 0 spiro atoms. The molecule has 0 saturated heterocycles. The van der Waals surface area contributed by atoms with Crippen LogP contribution in [0.2, 0.25) is 15.1 Å². The lowest BCUT2D eigenvalue weighted by atomic mass is 10.2. The van der Waals surface area contributed by atoms with Crippen LogP contribution in [0.15, 0.2) is 47.6 Å². The van der Waals surface area contributed by atoms with Gasteiger partial charge < -0.3 is 0 Å². The minimum Gasteiger partial charge on any atom is -0.266 e. The average Bonchev–Trinajstić information content (AvgIpc) is 2.89. The number of hydrazone groups is 1. The molecule has 2 aromatic carbocycles. The molecule has 0 bridgehead atoms. The van der Waals surface area contributed by atoms with Crippen molar-refractivity contribution < 1.29 is 4.79 Å². The number of rotatable bonds is 3. The maximum absolute atomic E-state index is 12.2. The van der Waals surface area contributed by atoms with E-state index in [1.807, 2.05) is 24.3 Å². The van der Waals surface area contributed by atoms with Crippen molar-refractivity contribution in [1.82, 2.24) is 5.43 Å². The fourth-order valence-corrected chi connectivity index (χ4v) is 3.75. The van der Waals surface area contributed by atoms with E-state index in [1.165, 1.54) is 17.6 Å². The van der Waals surface area contributed by atoms with E-state index in [9.17, 15) is 4.79 Å². The lowest BCUT2D eigenvalue weighted by molar-refractivity contribution is 0.0959. The Labute approximate surface area is 151 Å². The molecule has 1 heterocycles. The summed E-state index contributed by atoms with van der Waals surface area (Å²) in [4.78, 5) is 12.6. The fourth-order valence-electron chi connectivity index (χ4n) is 1.99. The largest absolute Gasteiger partial charge is 0.283 e. The first-order valence-electron chi connectivity index (χ1n) is 6.52. The van der Waals surface area contributed by atoms with Gasteiger partial charge in [0.15, 0.2) is 0 Å². The predicted octanol–water partition coefficient (Wildman–Crippen LogP) is 5.63. The molecular formula is C16H9Cl3N2OS. The minimum absolute atomic E-state index is 0.370. The van der Waals surface area contributed by atoms with Crippen LogP contribution < -0.4 is 5.43 Å². The molecule has 7 heteroatoms. The van der Waals surface area contributed by atoms with Crippen LogP contribution in [-0.4, -0.2) is 12.1 Å². The van der Waals surface area contributed by atoms with Gasteiger partial charge in [-0.05, 0) is 12.1 Å². The number of carbonyl (C=O) groups excluding carboxylic acids is 1. The number of nitrogens with zero attached hydrogens (tertiary/aromatic N) is 1. The first kappa shape index (κ1) is 16.3. The van der Waals surface area contributed by atoms with Gasteiger partial charge in [0.25, 0.3) is 5.91 Å². The second kappa shape index (κ2) is 6.89. The van der Waals surface area contributed by atoms with Gasteiger partial charge in [-0.3, -0.25) is 4.79 Å². The second-order valence-electron chi connectivity index (χ2n) is 4.58. The normalized spacial score (nSPS) is 11.3. The Balaban J connectivity index is 1.80. The highest BCUT2D eigenvalue weighted by Gasteiger charge is 2.16. The molecule has 116 valence electrons. The predicted molar refractivity (Wildman–Crippen MR) is 98.4 cm³/mol. The van der Waals surface area contributed by atoms with E-state index < -0.39 is 0 Å². The van der Waals surface area contributed by atoms with Crippen molar-refractivity contribution in [2.75, 3.05) is 0 Å². The van der Waals surface area contributed by atoms with Crippen LogP contribution in [0, 0.1) is 0 Å². The smallest absolute Gasteiger partial charge is 0.266 e. The molecule has 1 amide bonds. The molecule has 1 N–H and O–H groups in total. The zero-order valence-electron chi connectivity index (χ0n) is 11.5. The summed E-state index contributed by atoms with van der Waals surface area (Å²) in [7, 11) is 0. The molecule has 0 aliphatic heterocycles. The Morgan fingerprint density at radius 2 is 1.83 bits per heavy atom. The summed E-state index contributed by atoms with van der Waals surface area (Å²) in [6.07, 6.45) is 1.44. The van der Waals surface area contributed by atoms with Crippen LogP contribution in [0.3, 0.4) is 0 Å². The van der Waals surface area contributed by atoms with E-state index in [4.69, 9.17) is 34.8 Å². The van der Waals surface area contributed by atoms with Crippen LogP contribution >= 0.6 is 46.1 Å². The highest BCUT2D eigenvalue weighted by Crippen LogP contribution is 2.34. The number of hydrogen-bond donors (Lipinski definition) is 1. The van der Waals surface area contributed by atoms with Crippen molar-refractivity contribution in [3.8, 4) is 0 Å². The van der Waals surface area contributed by atoms with Gasteiger partial charge in [0.2, 0.25) is 0 Å². The molecule has 23 heavy (non-hydrogen) atoms. The molecular weight excluding hydrogens is 375 g/mol. The van der Waals surface area contributed by atoms with Crippen molar-refractivity contribution in [1.29, 1.82) is 0 Å². The van der Waals surface area contributed by atoms with E-state index in [0.29, 0.717) is 25.5 Å². The van der Waals surface area contributed by atoms with Gasteiger partial charge >= 0.3 is 0 Å². The summed E-state index contributed by atoms with van der Waals surface area (Å²) in [6.45, 7) is 0. The number of nitrogens with one attached hydrogen (secondary N) is 1. The van der Waals surface area contributed by atoms with E-state index in [1.54, 1.807) is 18.2 Å². The Morgan fingerprint density at radius 3 is 2.61 bits per heavy atom. The molecule has 1 aromatic heterocycles. The van der Waals surface area contributed by atoms with Gasteiger partial charge in [0.1, 0.15) is 4.88 Å². The molecule has 0 unspecified atom stereocenters. The number of hydrogen-bond acceptors (Lipinski definition) is 3. The summed E-state index contributed by atoms with van der Waals surface area (Å²) >= 11 is 19.5. The van der Waals surface area contributed by atoms with E-state index >= 15 is 0 Å². The highest BCUT2D eigenvalue weighted by atomic mass is 35.5. The molecule has 0 aliphatic carbocycles. The zero-order chi connectivity index (χ0) is 16.4. The van der Waals surface area contributed by atoms with Crippen molar-refractivity contribution in [2.24, 2.45) is 5.10 Å². The average molecular weight is 384 g/mol. The maximum Gasteiger partial charge on any atom is 0.283 e. The van der Waals surface area contributed by atoms with Crippen molar-refractivity contribution >= 4 is 68.3 Å². The number of benzene rings is 2. The number of fused-ring (bicyclic) bond motifs is 1. The van der Waals surface area contributed by atoms with Gasteiger partial charge in [-0.2, -0.15) is 5.10 Å². The Kier molecular flexibility index (Phi) is 4.87. The zero-order valence-corrected chi connectivity index (χ0v) is 14.6. The van der Waals surface area contributed by atoms with Crippen LogP contribution in [0.5, 0.6) is 0 Å². The molecule has 3 aromatic rings. The molecule has 0 radical (unpaired) electrons. The van der Waals surface area contributed by atoms with Crippen LogP contribution in [0.1, 0.15) is 15.2 Å². The Morgan fingerprint density at radius 1 is 1.04 bits per heavy atom. The van der Waals surface area contributed by atoms with Crippen molar-refractivity contribution in [3.05, 3.63) is 68.0 Å². The monoisotopic (exact) mass is 382 g/mol.